The van der Waals surface area contributed by atoms with Gasteiger partial charge in [0.25, 0.3) is 5.91 Å². The van der Waals surface area contributed by atoms with E-state index in [-0.39, 0.29) is 17.9 Å². The molecule has 2 heterocycles. The first kappa shape index (κ1) is 16.4. The molecular formula is C18H27N3O2. The highest BCUT2D eigenvalue weighted by Crippen LogP contribution is 2.35. The zero-order chi connectivity index (χ0) is 16.3. The van der Waals surface area contributed by atoms with Gasteiger partial charge in [-0.3, -0.25) is 4.79 Å². The van der Waals surface area contributed by atoms with Crippen LogP contribution in [0.2, 0.25) is 0 Å². The van der Waals surface area contributed by atoms with Crippen molar-refractivity contribution in [3.05, 3.63) is 23.8 Å². The summed E-state index contributed by atoms with van der Waals surface area (Å²) in [5, 5.41) is 9.62. The third kappa shape index (κ3) is 3.39. The van der Waals surface area contributed by atoms with Crippen LogP contribution in [-0.4, -0.2) is 45.6 Å². The fraction of sp³-hybridized carbons (Fsp3) is 0.722. The number of rotatable bonds is 4. The monoisotopic (exact) mass is 317 g/mol. The highest BCUT2D eigenvalue weighted by Gasteiger charge is 2.34. The SMILES string of the molecule is CCC1(CO)CCN(C(=O)c2ccnc(C3CCCC3)n2)CC1. The number of carbonyl (C=O) groups excluding carboxylic acids is 1. The van der Waals surface area contributed by atoms with Gasteiger partial charge in [0.05, 0.1) is 0 Å². The molecule has 3 rings (SSSR count). The van der Waals surface area contributed by atoms with E-state index in [1.165, 1.54) is 12.8 Å². The second-order valence-corrected chi connectivity index (χ2v) is 7.09. The zero-order valence-electron chi connectivity index (χ0n) is 14.0. The Hall–Kier alpha value is -1.49. The quantitative estimate of drug-likeness (QED) is 0.927. The molecule has 1 saturated carbocycles. The first-order valence-corrected chi connectivity index (χ1v) is 8.90. The van der Waals surface area contributed by atoms with E-state index < -0.39 is 0 Å². The third-order valence-electron chi connectivity index (χ3n) is 5.81. The van der Waals surface area contributed by atoms with Crippen molar-refractivity contribution in [2.75, 3.05) is 19.7 Å². The molecule has 1 aliphatic carbocycles. The maximum Gasteiger partial charge on any atom is 0.272 e. The molecule has 0 atom stereocenters. The minimum atomic E-state index is -0.00252. The summed E-state index contributed by atoms with van der Waals surface area (Å²) in [4.78, 5) is 23.5. The van der Waals surface area contributed by atoms with Gasteiger partial charge in [-0.2, -0.15) is 0 Å². The molecule has 1 amide bonds. The second kappa shape index (κ2) is 6.95. The minimum Gasteiger partial charge on any atom is -0.396 e. The van der Waals surface area contributed by atoms with Crippen LogP contribution in [0.15, 0.2) is 12.3 Å². The average Bonchev–Trinajstić information content (AvgIpc) is 3.16. The molecule has 0 spiro atoms. The molecule has 1 saturated heterocycles. The van der Waals surface area contributed by atoms with Crippen molar-refractivity contribution < 1.29 is 9.90 Å². The van der Waals surface area contributed by atoms with Gasteiger partial charge >= 0.3 is 0 Å². The predicted octanol–water partition coefficient (Wildman–Crippen LogP) is 2.76. The van der Waals surface area contributed by atoms with E-state index in [1.807, 2.05) is 4.90 Å². The van der Waals surface area contributed by atoms with Crippen LogP contribution in [0.25, 0.3) is 0 Å². The van der Waals surface area contributed by atoms with E-state index in [9.17, 15) is 9.90 Å². The Morgan fingerprint density at radius 3 is 2.65 bits per heavy atom. The number of likely N-dealkylation sites (tertiary alicyclic amines) is 1. The molecule has 1 N–H and O–H groups in total. The zero-order valence-corrected chi connectivity index (χ0v) is 14.0. The van der Waals surface area contributed by atoms with E-state index in [2.05, 4.69) is 16.9 Å². The van der Waals surface area contributed by atoms with Crippen LogP contribution in [-0.2, 0) is 0 Å². The molecule has 126 valence electrons. The molecule has 0 unspecified atom stereocenters. The van der Waals surface area contributed by atoms with Crippen molar-refractivity contribution in [3.63, 3.8) is 0 Å². The van der Waals surface area contributed by atoms with Gasteiger partial charge in [0.15, 0.2) is 0 Å². The normalized spacial score (nSPS) is 21.6. The molecule has 23 heavy (non-hydrogen) atoms. The lowest BCUT2D eigenvalue weighted by atomic mass is 9.77. The number of carbonyl (C=O) groups is 1. The Morgan fingerprint density at radius 1 is 1.35 bits per heavy atom. The highest BCUT2D eigenvalue weighted by atomic mass is 16.3. The minimum absolute atomic E-state index is 0.00252. The van der Waals surface area contributed by atoms with Gasteiger partial charge in [0, 0.05) is 31.8 Å². The Kier molecular flexibility index (Phi) is 4.95. The van der Waals surface area contributed by atoms with Crippen LogP contribution in [0.1, 0.15) is 74.1 Å². The third-order valence-corrected chi connectivity index (χ3v) is 5.81. The fourth-order valence-corrected chi connectivity index (χ4v) is 3.84. The standard InChI is InChI=1S/C18H27N3O2/c1-2-18(13-22)8-11-21(12-9-18)17(23)15-7-10-19-16(20-15)14-5-3-4-6-14/h7,10,14,22H,2-6,8-9,11-13H2,1H3. The number of hydrogen-bond donors (Lipinski definition) is 1. The van der Waals surface area contributed by atoms with Gasteiger partial charge in [-0.1, -0.05) is 19.8 Å². The Morgan fingerprint density at radius 2 is 2.04 bits per heavy atom. The van der Waals surface area contributed by atoms with Crippen molar-refractivity contribution in [3.8, 4) is 0 Å². The van der Waals surface area contributed by atoms with Crippen LogP contribution in [0, 0.1) is 5.41 Å². The topological polar surface area (TPSA) is 66.3 Å². The van der Waals surface area contributed by atoms with Gasteiger partial charge in [-0.25, -0.2) is 9.97 Å². The van der Waals surface area contributed by atoms with E-state index in [4.69, 9.17) is 0 Å². The number of aliphatic hydroxyl groups excluding tert-OH is 1. The highest BCUT2D eigenvalue weighted by molar-refractivity contribution is 5.92. The lowest BCUT2D eigenvalue weighted by Gasteiger charge is -2.40. The first-order chi connectivity index (χ1) is 11.2. The molecular weight excluding hydrogens is 290 g/mol. The van der Waals surface area contributed by atoms with Gasteiger partial charge in [0.2, 0.25) is 0 Å². The summed E-state index contributed by atoms with van der Waals surface area (Å²) in [5.41, 5.74) is 0.521. The van der Waals surface area contributed by atoms with Crippen molar-refractivity contribution >= 4 is 5.91 Å². The molecule has 5 heteroatoms. The molecule has 5 nitrogen and oxygen atoms in total. The number of amides is 1. The molecule has 1 aromatic rings. The summed E-state index contributed by atoms with van der Waals surface area (Å²) in [6.45, 7) is 3.74. The van der Waals surface area contributed by atoms with E-state index in [1.54, 1.807) is 12.3 Å². The number of aliphatic hydroxyl groups is 1. The number of aromatic nitrogens is 2. The van der Waals surface area contributed by atoms with Crippen LogP contribution in [0.3, 0.4) is 0 Å². The molecule has 1 aliphatic heterocycles. The summed E-state index contributed by atoms with van der Waals surface area (Å²) in [6.07, 6.45) is 9.16. The summed E-state index contributed by atoms with van der Waals surface area (Å²) in [7, 11) is 0. The Labute approximate surface area is 138 Å². The van der Waals surface area contributed by atoms with Crippen molar-refractivity contribution in [2.45, 2.75) is 57.8 Å². The van der Waals surface area contributed by atoms with Gasteiger partial charge < -0.3 is 10.0 Å². The van der Waals surface area contributed by atoms with Crippen molar-refractivity contribution in [2.24, 2.45) is 5.41 Å². The van der Waals surface area contributed by atoms with Crippen LogP contribution in [0.4, 0.5) is 0 Å². The molecule has 0 aromatic carbocycles. The number of hydrogen-bond acceptors (Lipinski definition) is 4. The lowest BCUT2D eigenvalue weighted by molar-refractivity contribution is 0.0334. The lowest BCUT2D eigenvalue weighted by Crippen LogP contribution is -2.44. The van der Waals surface area contributed by atoms with Crippen molar-refractivity contribution in [1.82, 2.24) is 14.9 Å². The molecule has 2 fully saturated rings. The molecule has 0 radical (unpaired) electrons. The summed E-state index contributed by atoms with van der Waals surface area (Å²) < 4.78 is 0. The summed E-state index contributed by atoms with van der Waals surface area (Å²) in [6, 6.07) is 1.73. The van der Waals surface area contributed by atoms with E-state index in [0.717, 1.165) is 37.9 Å². The maximum atomic E-state index is 12.7. The number of piperidine rings is 1. The number of nitrogens with zero attached hydrogens (tertiary/aromatic N) is 3. The van der Waals surface area contributed by atoms with Gasteiger partial charge in [0.1, 0.15) is 11.5 Å². The Bertz CT molecular complexity index is 541. The first-order valence-electron chi connectivity index (χ1n) is 8.90. The molecule has 1 aromatic heterocycles. The molecule has 2 aliphatic rings. The van der Waals surface area contributed by atoms with E-state index >= 15 is 0 Å². The van der Waals surface area contributed by atoms with Crippen LogP contribution in [0.5, 0.6) is 0 Å². The largest absolute Gasteiger partial charge is 0.396 e. The fourth-order valence-electron chi connectivity index (χ4n) is 3.84. The second-order valence-electron chi connectivity index (χ2n) is 7.09. The average molecular weight is 317 g/mol. The molecule has 0 bridgehead atoms. The van der Waals surface area contributed by atoms with Crippen LogP contribution < -0.4 is 0 Å². The van der Waals surface area contributed by atoms with Gasteiger partial charge in [-0.05, 0) is 43.6 Å². The Balaban J connectivity index is 1.68. The van der Waals surface area contributed by atoms with Gasteiger partial charge in [-0.15, -0.1) is 0 Å². The van der Waals surface area contributed by atoms with Crippen molar-refractivity contribution in [1.29, 1.82) is 0 Å². The summed E-state index contributed by atoms with van der Waals surface area (Å²) in [5.74, 6) is 1.27. The maximum absolute atomic E-state index is 12.7. The summed E-state index contributed by atoms with van der Waals surface area (Å²) >= 11 is 0. The predicted molar refractivity (Wildman–Crippen MR) is 88.2 cm³/mol. The van der Waals surface area contributed by atoms with Crippen LogP contribution >= 0.6 is 0 Å². The smallest absolute Gasteiger partial charge is 0.272 e. The van der Waals surface area contributed by atoms with E-state index in [0.29, 0.717) is 24.7 Å².